The van der Waals surface area contributed by atoms with Gasteiger partial charge in [-0.3, -0.25) is 14.6 Å². The number of hydrogen-bond donors (Lipinski definition) is 1. The summed E-state index contributed by atoms with van der Waals surface area (Å²) in [6.45, 7) is 9.33. The average Bonchev–Trinajstić information content (AvgIpc) is 3.20. The highest BCUT2D eigenvalue weighted by Gasteiger charge is 2.26. The SMILES string of the molecule is Cc1noc(C)c1CNC(=O)COCCN1CCN(C(c2ccccc2)c2ccc(Cl)cc2)CC1. The second-order valence-corrected chi connectivity index (χ2v) is 9.31. The summed E-state index contributed by atoms with van der Waals surface area (Å²) in [5.74, 6) is 0.594. The second kappa shape index (κ2) is 12.3. The van der Waals surface area contributed by atoms with Crippen LogP contribution in [-0.2, 0) is 16.1 Å². The molecular weight excluding hydrogens is 464 g/mol. The molecule has 0 radical (unpaired) electrons. The third-order valence-corrected chi connectivity index (χ3v) is 6.75. The number of aromatic nitrogens is 1. The molecule has 2 heterocycles. The van der Waals surface area contributed by atoms with Crippen LogP contribution in [0.15, 0.2) is 59.1 Å². The number of benzene rings is 2. The summed E-state index contributed by atoms with van der Waals surface area (Å²) in [5.41, 5.74) is 4.26. The van der Waals surface area contributed by atoms with Gasteiger partial charge in [0, 0.05) is 49.9 Å². The van der Waals surface area contributed by atoms with Gasteiger partial charge in [-0.1, -0.05) is 59.2 Å². The van der Waals surface area contributed by atoms with Crippen LogP contribution in [-0.4, -0.2) is 66.8 Å². The molecule has 8 heteroatoms. The van der Waals surface area contributed by atoms with E-state index in [4.69, 9.17) is 20.9 Å². The minimum atomic E-state index is -0.136. The summed E-state index contributed by atoms with van der Waals surface area (Å²) < 4.78 is 10.8. The van der Waals surface area contributed by atoms with Crippen LogP contribution in [0.3, 0.4) is 0 Å². The fourth-order valence-corrected chi connectivity index (χ4v) is 4.62. The van der Waals surface area contributed by atoms with Crippen molar-refractivity contribution in [2.45, 2.75) is 26.4 Å². The monoisotopic (exact) mass is 496 g/mol. The standard InChI is InChI=1S/C27H33ClN4O3/c1-20-25(21(2)35-30-20)18-29-26(33)19-34-17-16-31-12-14-32(15-13-31)27(22-6-4-3-5-7-22)23-8-10-24(28)11-9-23/h3-11,27H,12-19H2,1-2H3,(H,29,33). The Hall–Kier alpha value is -2.71. The molecule has 1 fully saturated rings. The zero-order chi connectivity index (χ0) is 24.6. The normalized spacial score (nSPS) is 15.7. The highest BCUT2D eigenvalue weighted by atomic mass is 35.5. The van der Waals surface area contributed by atoms with Gasteiger partial charge in [0.05, 0.1) is 18.3 Å². The maximum Gasteiger partial charge on any atom is 0.246 e. The third kappa shape index (κ3) is 6.92. The Kier molecular flexibility index (Phi) is 8.93. The first-order chi connectivity index (χ1) is 17.0. The quantitative estimate of drug-likeness (QED) is 0.428. The van der Waals surface area contributed by atoms with E-state index in [9.17, 15) is 4.79 Å². The van der Waals surface area contributed by atoms with Crippen molar-refractivity contribution in [3.8, 4) is 0 Å². The molecule has 1 aliphatic rings. The van der Waals surface area contributed by atoms with E-state index < -0.39 is 0 Å². The van der Waals surface area contributed by atoms with Gasteiger partial charge in [-0.25, -0.2) is 0 Å². The van der Waals surface area contributed by atoms with Crippen molar-refractivity contribution in [2.24, 2.45) is 0 Å². The Bertz CT molecular complexity index is 1060. The molecule has 2 aromatic carbocycles. The topological polar surface area (TPSA) is 70.8 Å². The molecule has 35 heavy (non-hydrogen) atoms. The maximum atomic E-state index is 12.1. The van der Waals surface area contributed by atoms with Gasteiger partial charge in [-0.15, -0.1) is 0 Å². The van der Waals surface area contributed by atoms with E-state index in [-0.39, 0.29) is 18.6 Å². The number of carbonyl (C=O) groups excluding carboxylic acids is 1. The number of aryl methyl sites for hydroxylation is 2. The molecule has 0 aliphatic carbocycles. The number of piperazine rings is 1. The fourth-order valence-electron chi connectivity index (χ4n) is 4.49. The van der Waals surface area contributed by atoms with Crippen LogP contribution in [0.1, 0.15) is 34.2 Å². The van der Waals surface area contributed by atoms with E-state index >= 15 is 0 Å². The van der Waals surface area contributed by atoms with Crippen molar-refractivity contribution in [1.29, 1.82) is 0 Å². The fraction of sp³-hybridized carbons (Fsp3) is 0.407. The number of hydrogen-bond acceptors (Lipinski definition) is 6. The maximum absolute atomic E-state index is 12.1. The lowest BCUT2D eigenvalue weighted by molar-refractivity contribution is -0.126. The average molecular weight is 497 g/mol. The number of nitrogens with one attached hydrogen (secondary N) is 1. The number of rotatable bonds is 10. The minimum Gasteiger partial charge on any atom is -0.370 e. The number of ether oxygens (including phenoxy) is 1. The molecule has 0 saturated carbocycles. The predicted molar refractivity (Wildman–Crippen MR) is 136 cm³/mol. The van der Waals surface area contributed by atoms with E-state index in [1.54, 1.807) is 0 Å². The number of halogens is 1. The summed E-state index contributed by atoms with van der Waals surface area (Å²) in [7, 11) is 0. The molecule has 7 nitrogen and oxygen atoms in total. The number of nitrogens with zero attached hydrogens (tertiary/aromatic N) is 3. The largest absolute Gasteiger partial charge is 0.370 e. The van der Waals surface area contributed by atoms with Gasteiger partial charge in [0.2, 0.25) is 5.91 Å². The molecule has 1 saturated heterocycles. The first kappa shape index (κ1) is 25.4. The van der Waals surface area contributed by atoms with Crippen LogP contribution in [0.4, 0.5) is 0 Å². The van der Waals surface area contributed by atoms with E-state index in [0.717, 1.165) is 54.8 Å². The highest BCUT2D eigenvalue weighted by molar-refractivity contribution is 6.30. The minimum absolute atomic E-state index is 0.0516. The van der Waals surface area contributed by atoms with Gasteiger partial charge in [0.15, 0.2) is 0 Å². The van der Waals surface area contributed by atoms with Crippen molar-refractivity contribution in [3.63, 3.8) is 0 Å². The van der Waals surface area contributed by atoms with Crippen molar-refractivity contribution >= 4 is 17.5 Å². The number of carbonyl (C=O) groups is 1. The van der Waals surface area contributed by atoms with Crippen molar-refractivity contribution in [2.75, 3.05) is 45.9 Å². The van der Waals surface area contributed by atoms with E-state index in [0.29, 0.717) is 13.2 Å². The van der Waals surface area contributed by atoms with Gasteiger partial charge in [0.1, 0.15) is 12.4 Å². The summed E-state index contributed by atoms with van der Waals surface area (Å²) in [5, 5.41) is 7.52. The van der Waals surface area contributed by atoms with Crippen LogP contribution in [0.5, 0.6) is 0 Å². The van der Waals surface area contributed by atoms with E-state index in [1.807, 2.05) is 26.0 Å². The molecule has 1 aliphatic heterocycles. The van der Waals surface area contributed by atoms with Crippen LogP contribution in [0.25, 0.3) is 0 Å². The first-order valence-electron chi connectivity index (χ1n) is 12.0. The molecule has 1 amide bonds. The smallest absolute Gasteiger partial charge is 0.246 e. The van der Waals surface area contributed by atoms with Crippen LogP contribution in [0.2, 0.25) is 5.02 Å². The predicted octanol–water partition coefficient (Wildman–Crippen LogP) is 3.98. The summed E-state index contributed by atoms with van der Waals surface area (Å²) in [4.78, 5) is 17.0. The molecule has 1 atom stereocenters. The summed E-state index contributed by atoms with van der Waals surface area (Å²) in [6, 6.07) is 19.0. The van der Waals surface area contributed by atoms with Crippen molar-refractivity contribution in [1.82, 2.24) is 20.3 Å². The van der Waals surface area contributed by atoms with Crippen LogP contribution < -0.4 is 5.32 Å². The Balaban J connectivity index is 1.21. The van der Waals surface area contributed by atoms with E-state index in [2.05, 4.69) is 62.7 Å². The zero-order valence-electron chi connectivity index (χ0n) is 20.4. The molecule has 1 N–H and O–H groups in total. The molecule has 0 spiro atoms. The molecular formula is C27H33ClN4O3. The van der Waals surface area contributed by atoms with Crippen LogP contribution >= 0.6 is 11.6 Å². The first-order valence-corrected chi connectivity index (χ1v) is 12.4. The Morgan fingerprint density at radius 1 is 1.06 bits per heavy atom. The lowest BCUT2D eigenvalue weighted by Crippen LogP contribution is -2.48. The summed E-state index contributed by atoms with van der Waals surface area (Å²) in [6.07, 6.45) is 0. The van der Waals surface area contributed by atoms with Crippen molar-refractivity contribution in [3.05, 3.63) is 87.8 Å². The molecule has 0 bridgehead atoms. The van der Waals surface area contributed by atoms with Gasteiger partial charge in [-0.2, -0.15) is 0 Å². The lowest BCUT2D eigenvalue weighted by atomic mass is 9.96. The van der Waals surface area contributed by atoms with Gasteiger partial charge in [-0.05, 0) is 37.1 Å². The Morgan fingerprint density at radius 2 is 1.74 bits per heavy atom. The lowest BCUT2D eigenvalue weighted by Gasteiger charge is -2.39. The Labute approximate surface area is 212 Å². The highest BCUT2D eigenvalue weighted by Crippen LogP contribution is 2.30. The van der Waals surface area contributed by atoms with E-state index in [1.165, 1.54) is 11.1 Å². The van der Waals surface area contributed by atoms with Gasteiger partial charge in [0.25, 0.3) is 0 Å². The molecule has 4 rings (SSSR count). The molecule has 3 aromatic rings. The van der Waals surface area contributed by atoms with Crippen molar-refractivity contribution < 1.29 is 14.1 Å². The third-order valence-electron chi connectivity index (χ3n) is 6.50. The second-order valence-electron chi connectivity index (χ2n) is 8.87. The Morgan fingerprint density at radius 3 is 2.40 bits per heavy atom. The molecule has 186 valence electrons. The number of amides is 1. The van der Waals surface area contributed by atoms with Crippen LogP contribution in [0, 0.1) is 13.8 Å². The van der Waals surface area contributed by atoms with Gasteiger partial charge < -0.3 is 14.6 Å². The van der Waals surface area contributed by atoms with Gasteiger partial charge >= 0.3 is 0 Å². The molecule has 1 unspecified atom stereocenters. The molecule has 1 aromatic heterocycles. The zero-order valence-corrected chi connectivity index (χ0v) is 21.1. The summed E-state index contributed by atoms with van der Waals surface area (Å²) >= 11 is 6.14.